The van der Waals surface area contributed by atoms with Crippen molar-refractivity contribution in [2.24, 2.45) is 0 Å². The third-order valence-corrected chi connectivity index (χ3v) is 1.36. The van der Waals surface area contributed by atoms with Gasteiger partial charge in [-0.25, -0.2) is 0 Å². The van der Waals surface area contributed by atoms with Gasteiger partial charge in [0.15, 0.2) is 0 Å². The molecule has 0 atom stereocenters. The molecule has 0 saturated carbocycles. The van der Waals surface area contributed by atoms with Crippen molar-refractivity contribution in [1.29, 1.82) is 5.41 Å². The fourth-order valence-electron chi connectivity index (χ4n) is 0.761. The fraction of sp³-hybridized carbons (Fsp3) is 0.300. The molecule has 0 radical (unpaired) electrons. The maximum atomic E-state index is 7.05. The first-order valence-electron chi connectivity index (χ1n) is 3.73. The Hall–Kier alpha value is -1.11. The molecule has 1 heteroatoms. The van der Waals surface area contributed by atoms with Gasteiger partial charge in [-0.3, -0.25) is 0 Å². The van der Waals surface area contributed by atoms with Crippen molar-refractivity contribution in [2.45, 2.75) is 20.8 Å². The van der Waals surface area contributed by atoms with Crippen LogP contribution in [0.4, 0.5) is 0 Å². The highest BCUT2D eigenvalue weighted by molar-refractivity contribution is 5.78. The molecule has 0 aromatic carbocycles. The number of nitrogens with one attached hydrogen (secondary N) is 1. The maximum Gasteiger partial charge on any atom is 0.0212 e. The molecule has 1 N–H and O–H groups in total. The van der Waals surface area contributed by atoms with Crippen molar-refractivity contribution in [3.05, 3.63) is 35.5 Å². The van der Waals surface area contributed by atoms with Gasteiger partial charge in [0.25, 0.3) is 0 Å². The lowest BCUT2D eigenvalue weighted by atomic mass is 10.1. The lowest BCUT2D eigenvalue weighted by Gasteiger charge is -1.95. The summed E-state index contributed by atoms with van der Waals surface area (Å²) in [6.07, 6.45) is 9.32. The van der Waals surface area contributed by atoms with Crippen LogP contribution in [-0.2, 0) is 0 Å². The average molecular weight is 149 g/mol. The third-order valence-electron chi connectivity index (χ3n) is 1.36. The molecule has 1 nitrogen and oxygen atoms in total. The summed E-state index contributed by atoms with van der Waals surface area (Å²) in [5.41, 5.74) is 2.09. The molecule has 0 aliphatic rings. The van der Waals surface area contributed by atoms with Crippen LogP contribution < -0.4 is 0 Å². The van der Waals surface area contributed by atoms with Crippen LogP contribution in [0, 0.1) is 5.41 Å². The van der Waals surface area contributed by atoms with E-state index in [1.54, 1.807) is 0 Å². The Balaban J connectivity index is 4.70. The molecule has 0 fully saturated rings. The number of hydrogen-bond donors (Lipinski definition) is 1. The van der Waals surface area contributed by atoms with E-state index in [1.807, 2.05) is 45.1 Å². The molecular formula is C10H15N. The summed E-state index contributed by atoms with van der Waals surface area (Å²) in [5.74, 6) is 0. The van der Waals surface area contributed by atoms with E-state index in [0.29, 0.717) is 0 Å². The van der Waals surface area contributed by atoms with Gasteiger partial charge in [-0.15, -0.1) is 0 Å². The second-order valence-electron chi connectivity index (χ2n) is 2.28. The molecule has 60 valence electrons. The van der Waals surface area contributed by atoms with Crippen LogP contribution in [0.1, 0.15) is 20.8 Å². The van der Waals surface area contributed by atoms with Crippen molar-refractivity contribution < 1.29 is 0 Å². The van der Waals surface area contributed by atoms with E-state index in [1.165, 1.54) is 6.21 Å². The summed E-state index contributed by atoms with van der Waals surface area (Å²) in [5, 5.41) is 7.05. The summed E-state index contributed by atoms with van der Waals surface area (Å²) >= 11 is 0. The van der Waals surface area contributed by atoms with Crippen LogP contribution in [-0.4, -0.2) is 6.21 Å². The second kappa shape index (κ2) is 5.66. The minimum atomic E-state index is 0.987. The Bertz CT molecular complexity index is 193. The van der Waals surface area contributed by atoms with Crippen LogP contribution in [0.2, 0.25) is 0 Å². The lowest BCUT2D eigenvalue weighted by Crippen LogP contribution is -1.81. The molecule has 0 unspecified atom stereocenters. The molecule has 11 heavy (non-hydrogen) atoms. The molecule has 0 saturated heterocycles. The first-order chi connectivity index (χ1) is 5.26. The van der Waals surface area contributed by atoms with Crippen LogP contribution in [0.25, 0.3) is 0 Å². The Morgan fingerprint density at radius 2 is 1.55 bits per heavy atom. The Labute approximate surface area is 68.6 Å². The standard InChI is InChI=1S/C10H15N/c1-4-6-10(7-5-2)9(3)8-11/h4-8,11H,1-3H3/b6-4-,7-5-,11-8?. The molecule has 0 aliphatic heterocycles. The summed E-state index contributed by atoms with van der Waals surface area (Å²) < 4.78 is 0. The Morgan fingerprint density at radius 3 is 1.82 bits per heavy atom. The van der Waals surface area contributed by atoms with Crippen molar-refractivity contribution in [3.8, 4) is 0 Å². The van der Waals surface area contributed by atoms with Gasteiger partial charge in [-0.1, -0.05) is 24.3 Å². The van der Waals surface area contributed by atoms with Crippen LogP contribution in [0.5, 0.6) is 0 Å². The van der Waals surface area contributed by atoms with Gasteiger partial charge in [-0.2, -0.15) is 0 Å². The first-order valence-corrected chi connectivity index (χ1v) is 3.73. The second-order valence-corrected chi connectivity index (χ2v) is 2.28. The average Bonchev–Trinajstić information content (AvgIpc) is 2.03. The third kappa shape index (κ3) is 3.56. The van der Waals surface area contributed by atoms with Gasteiger partial charge >= 0.3 is 0 Å². The normalized spacial score (nSPS) is 10.8. The highest BCUT2D eigenvalue weighted by Gasteiger charge is 1.89. The van der Waals surface area contributed by atoms with Crippen LogP contribution in [0.15, 0.2) is 35.5 Å². The number of allylic oxidation sites excluding steroid dienone is 6. The smallest absolute Gasteiger partial charge is 0.0212 e. The first kappa shape index (κ1) is 9.89. The zero-order valence-electron chi connectivity index (χ0n) is 7.39. The maximum absolute atomic E-state index is 7.05. The van der Waals surface area contributed by atoms with E-state index in [2.05, 4.69) is 0 Å². The van der Waals surface area contributed by atoms with Crippen molar-refractivity contribution in [1.82, 2.24) is 0 Å². The zero-order valence-corrected chi connectivity index (χ0v) is 7.39. The van der Waals surface area contributed by atoms with Gasteiger partial charge in [0, 0.05) is 6.21 Å². The highest BCUT2D eigenvalue weighted by Crippen LogP contribution is 2.05. The monoisotopic (exact) mass is 149 g/mol. The largest absolute Gasteiger partial charge is 0.308 e. The molecule has 0 aliphatic carbocycles. The van der Waals surface area contributed by atoms with Crippen molar-refractivity contribution >= 4 is 6.21 Å². The molecule has 0 bridgehead atoms. The summed E-state index contributed by atoms with van der Waals surface area (Å²) in [4.78, 5) is 0. The molecule has 0 rings (SSSR count). The molecule has 0 heterocycles. The molecule has 0 aromatic rings. The Kier molecular flexibility index (Phi) is 5.09. The quantitative estimate of drug-likeness (QED) is 0.471. The van der Waals surface area contributed by atoms with E-state index in [4.69, 9.17) is 5.41 Å². The van der Waals surface area contributed by atoms with Gasteiger partial charge in [0.2, 0.25) is 0 Å². The van der Waals surface area contributed by atoms with Crippen molar-refractivity contribution in [2.75, 3.05) is 0 Å². The highest BCUT2D eigenvalue weighted by atomic mass is 14.3. The minimum Gasteiger partial charge on any atom is -0.308 e. The summed E-state index contributed by atoms with van der Waals surface area (Å²) in [6.45, 7) is 5.88. The molecular weight excluding hydrogens is 134 g/mol. The zero-order chi connectivity index (χ0) is 8.69. The number of rotatable bonds is 3. The van der Waals surface area contributed by atoms with E-state index in [-0.39, 0.29) is 0 Å². The molecule has 0 spiro atoms. The van der Waals surface area contributed by atoms with Gasteiger partial charge in [0.05, 0.1) is 0 Å². The van der Waals surface area contributed by atoms with Crippen LogP contribution in [0.3, 0.4) is 0 Å². The fourth-order valence-corrected chi connectivity index (χ4v) is 0.761. The van der Waals surface area contributed by atoms with Crippen LogP contribution >= 0.6 is 0 Å². The summed E-state index contributed by atoms with van der Waals surface area (Å²) in [7, 11) is 0. The predicted molar refractivity (Wildman–Crippen MR) is 51.1 cm³/mol. The van der Waals surface area contributed by atoms with Crippen molar-refractivity contribution in [3.63, 3.8) is 0 Å². The van der Waals surface area contributed by atoms with E-state index in [9.17, 15) is 0 Å². The number of hydrogen-bond acceptors (Lipinski definition) is 1. The van der Waals surface area contributed by atoms with Gasteiger partial charge in [-0.05, 0) is 31.9 Å². The molecule has 0 amide bonds. The lowest BCUT2D eigenvalue weighted by molar-refractivity contribution is 1.45. The van der Waals surface area contributed by atoms with Gasteiger partial charge in [0.1, 0.15) is 0 Å². The van der Waals surface area contributed by atoms with Gasteiger partial charge < -0.3 is 5.41 Å². The Morgan fingerprint density at radius 1 is 1.09 bits per heavy atom. The summed E-state index contributed by atoms with van der Waals surface area (Å²) in [6, 6.07) is 0. The van der Waals surface area contributed by atoms with E-state index in [0.717, 1.165) is 11.1 Å². The SMILES string of the molecule is C/C=C\C(/C=C\C)=C(C)C=N. The predicted octanol–water partition coefficient (Wildman–Crippen LogP) is 3.10. The topological polar surface area (TPSA) is 23.9 Å². The minimum absolute atomic E-state index is 0.987. The van der Waals surface area contributed by atoms with E-state index >= 15 is 0 Å². The molecule has 0 aromatic heterocycles. The van der Waals surface area contributed by atoms with E-state index < -0.39 is 0 Å².